The largest absolute Gasteiger partial charge is 0.494 e. The molecule has 0 aliphatic carbocycles. The molecule has 0 saturated carbocycles. The number of methoxy groups -OCH3 is 1. The lowest BCUT2D eigenvalue weighted by atomic mass is 9.96. The Morgan fingerprint density at radius 1 is 1.11 bits per heavy atom. The Kier molecular flexibility index (Phi) is 7.83. The number of ether oxygens (including phenoxy) is 1. The first-order valence-electron chi connectivity index (χ1n) is 12.3. The number of nitrogen functional groups attached to an aromatic ring is 1. The predicted molar refractivity (Wildman–Crippen MR) is 144 cm³/mol. The number of hydrogen-bond donors (Lipinski definition) is 4. The molecule has 12 heteroatoms. The summed E-state index contributed by atoms with van der Waals surface area (Å²) in [7, 11) is 5.69. The molecule has 4 rings (SSSR count). The molecule has 0 unspecified atom stereocenters. The number of anilines is 6. The van der Waals surface area contributed by atoms with E-state index >= 15 is 0 Å². The van der Waals surface area contributed by atoms with Crippen molar-refractivity contribution in [3.8, 4) is 5.75 Å². The molecule has 2 aromatic carbocycles. The maximum Gasteiger partial charge on any atom is 0.232 e. The molecule has 0 radical (unpaired) electrons. The van der Waals surface area contributed by atoms with Gasteiger partial charge in [-0.05, 0) is 52.9 Å². The lowest BCUT2D eigenvalue weighted by molar-refractivity contribution is 0.0789. The van der Waals surface area contributed by atoms with Gasteiger partial charge in [0.2, 0.25) is 11.9 Å². The van der Waals surface area contributed by atoms with Crippen molar-refractivity contribution in [1.29, 1.82) is 0 Å². The van der Waals surface area contributed by atoms with Crippen LogP contribution in [0.25, 0.3) is 0 Å². The summed E-state index contributed by atoms with van der Waals surface area (Å²) in [4.78, 5) is 17.1. The topological polar surface area (TPSA) is 125 Å². The standard InChI is InChI=1S/C26H34F2N8O2/c1-26(2,37)16-9-17(27)18(28)10-20(16)32-24-30-14-31-25(34-24)33-21-11-19(29)22(12-23(21)38-5)36-8-6-7-15(36)13-35(3)4/h9-12,14-15,37H,6-8,13,29H2,1-5H3,(H2,30,31,32,33,34)/t15-/m1/s1. The number of likely N-dealkylation sites (N-methyl/N-ethyl adjacent to an activating group) is 1. The number of aromatic nitrogens is 3. The lowest BCUT2D eigenvalue weighted by Crippen LogP contribution is -2.37. The van der Waals surface area contributed by atoms with Crippen molar-refractivity contribution in [2.45, 2.75) is 38.3 Å². The van der Waals surface area contributed by atoms with Crippen LogP contribution >= 0.6 is 0 Å². The SMILES string of the molecule is COc1cc(N2CCC[C@@H]2CN(C)C)c(N)cc1Nc1ncnc(Nc2cc(F)c(F)cc2C(C)(C)O)n1. The molecule has 2 heterocycles. The highest BCUT2D eigenvalue weighted by molar-refractivity contribution is 5.79. The second-order valence-corrected chi connectivity index (χ2v) is 10.1. The fraction of sp³-hybridized carbons (Fsp3) is 0.423. The lowest BCUT2D eigenvalue weighted by Gasteiger charge is -2.30. The van der Waals surface area contributed by atoms with E-state index in [1.54, 1.807) is 13.2 Å². The van der Waals surface area contributed by atoms with Crippen molar-refractivity contribution in [3.05, 3.63) is 47.8 Å². The number of nitrogens with two attached hydrogens (primary N) is 1. The fourth-order valence-electron chi connectivity index (χ4n) is 4.68. The third-order valence-corrected chi connectivity index (χ3v) is 6.40. The highest BCUT2D eigenvalue weighted by atomic mass is 19.2. The summed E-state index contributed by atoms with van der Waals surface area (Å²) >= 11 is 0. The summed E-state index contributed by atoms with van der Waals surface area (Å²) in [6, 6.07) is 5.93. The Hall–Kier alpha value is -3.77. The second kappa shape index (κ2) is 10.9. The summed E-state index contributed by atoms with van der Waals surface area (Å²) in [5.74, 6) is -1.34. The molecule has 204 valence electrons. The van der Waals surface area contributed by atoms with E-state index in [-0.39, 0.29) is 23.1 Å². The molecule has 1 aliphatic rings. The van der Waals surface area contributed by atoms with Crippen LogP contribution in [0.1, 0.15) is 32.3 Å². The Bertz CT molecular complexity index is 1300. The van der Waals surface area contributed by atoms with Crippen molar-refractivity contribution in [2.75, 3.05) is 55.6 Å². The summed E-state index contributed by atoms with van der Waals surface area (Å²) in [5.41, 5.74) is 7.35. The molecule has 1 fully saturated rings. The van der Waals surface area contributed by atoms with E-state index in [1.165, 1.54) is 20.2 Å². The van der Waals surface area contributed by atoms with Crippen molar-refractivity contribution < 1.29 is 18.6 Å². The molecular weight excluding hydrogens is 494 g/mol. The second-order valence-electron chi connectivity index (χ2n) is 10.1. The number of nitrogens with zero attached hydrogens (tertiary/aromatic N) is 5. The number of halogens is 2. The van der Waals surface area contributed by atoms with Gasteiger partial charge in [-0.25, -0.2) is 18.7 Å². The average Bonchev–Trinajstić information content (AvgIpc) is 3.28. The summed E-state index contributed by atoms with van der Waals surface area (Å²) in [5, 5.41) is 16.4. The van der Waals surface area contributed by atoms with E-state index in [0.29, 0.717) is 23.2 Å². The summed E-state index contributed by atoms with van der Waals surface area (Å²) in [6.45, 7) is 4.78. The van der Waals surface area contributed by atoms with Gasteiger partial charge in [-0.3, -0.25) is 0 Å². The first-order valence-corrected chi connectivity index (χ1v) is 12.3. The molecular formula is C26H34F2N8O2. The van der Waals surface area contributed by atoms with Crippen LogP contribution in [-0.4, -0.2) is 65.3 Å². The van der Waals surface area contributed by atoms with Crippen molar-refractivity contribution >= 4 is 34.6 Å². The molecule has 38 heavy (non-hydrogen) atoms. The van der Waals surface area contributed by atoms with Crippen LogP contribution in [0.4, 0.5) is 43.4 Å². The first-order chi connectivity index (χ1) is 18.0. The Morgan fingerprint density at radius 3 is 2.39 bits per heavy atom. The van der Waals surface area contributed by atoms with E-state index < -0.39 is 17.2 Å². The van der Waals surface area contributed by atoms with E-state index in [9.17, 15) is 13.9 Å². The number of aliphatic hydroxyl groups is 1. The van der Waals surface area contributed by atoms with E-state index in [4.69, 9.17) is 10.5 Å². The maximum absolute atomic E-state index is 14.0. The van der Waals surface area contributed by atoms with E-state index in [2.05, 4.69) is 49.5 Å². The zero-order valence-corrected chi connectivity index (χ0v) is 22.2. The molecule has 1 aromatic heterocycles. The molecule has 0 bridgehead atoms. The molecule has 10 nitrogen and oxygen atoms in total. The number of benzene rings is 2. The third-order valence-electron chi connectivity index (χ3n) is 6.40. The zero-order chi connectivity index (χ0) is 27.6. The van der Waals surface area contributed by atoms with Gasteiger partial charge < -0.3 is 36.0 Å². The summed E-state index contributed by atoms with van der Waals surface area (Å²) in [6.07, 6.45) is 3.45. The van der Waals surface area contributed by atoms with Gasteiger partial charge in [0.15, 0.2) is 11.6 Å². The number of rotatable bonds is 9. The van der Waals surface area contributed by atoms with E-state index in [1.807, 2.05) is 6.07 Å². The van der Waals surface area contributed by atoms with Crippen molar-refractivity contribution in [1.82, 2.24) is 19.9 Å². The Morgan fingerprint density at radius 2 is 1.76 bits per heavy atom. The molecule has 1 atom stereocenters. The van der Waals surface area contributed by atoms with Gasteiger partial charge in [-0.2, -0.15) is 4.98 Å². The van der Waals surface area contributed by atoms with Crippen LogP contribution < -0.4 is 26.0 Å². The molecule has 0 spiro atoms. The van der Waals surface area contributed by atoms with Gasteiger partial charge in [0.05, 0.1) is 35.5 Å². The molecule has 1 saturated heterocycles. The molecule has 5 N–H and O–H groups in total. The van der Waals surface area contributed by atoms with Crippen LogP contribution in [0.15, 0.2) is 30.6 Å². The van der Waals surface area contributed by atoms with Crippen molar-refractivity contribution in [3.63, 3.8) is 0 Å². The summed E-state index contributed by atoms with van der Waals surface area (Å²) < 4.78 is 33.5. The van der Waals surface area contributed by atoms with Gasteiger partial charge in [-0.15, -0.1) is 0 Å². The zero-order valence-electron chi connectivity index (χ0n) is 22.2. The molecule has 0 amide bonds. The van der Waals surface area contributed by atoms with Crippen LogP contribution in [-0.2, 0) is 5.60 Å². The Labute approximate surface area is 220 Å². The minimum atomic E-state index is -1.45. The minimum Gasteiger partial charge on any atom is -0.494 e. The van der Waals surface area contributed by atoms with Gasteiger partial charge in [0.25, 0.3) is 0 Å². The van der Waals surface area contributed by atoms with Crippen molar-refractivity contribution in [2.24, 2.45) is 0 Å². The highest BCUT2D eigenvalue weighted by Gasteiger charge is 2.28. The van der Waals surface area contributed by atoms with E-state index in [0.717, 1.165) is 43.8 Å². The fourth-order valence-corrected chi connectivity index (χ4v) is 4.68. The quantitative estimate of drug-likeness (QED) is 0.303. The van der Waals surface area contributed by atoms with Gasteiger partial charge >= 0.3 is 0 Å². The van der Waals surface area contributed by atoms with Gasteiger partial charge in [-0.1, -0.05) is 0 Å². The predicted octanol–water partition coefficient (Wildman–Crippen LogP) is 3.99. The van der Waals surface area contributed by atoms with Crippen LogP contribution in [0.2, 0.25) is 0 Å². The first kappa shape index (κ1) is 27.3. The third kappa shape index (κ3) is 6.03. The average molecular weight is 529 g/mol. The molecule has 3 aromatic rings. The minimum absolute atomic E-state index is 0.0613. The van der Waals surface area contributed by atoms with Crippen LogP contribution in [0, 0.1) is 11.6 Å². The molecule has 1 aliphatic heterocycles. The van der Waals surface area contributed by atoms with Crippen LogP contribution in [0.3, 0.4) is 0 Å². The maximum atomic E-state index is 14.0. The normalized spacial score (nSPS) is 15.7. The Balaban J connectivity index is 1.60. The number of hydrogen-bond acceptors (Lipinski definition) is 10. The van der Waals surface area contributed by atoms with Gasteiger partial charge in [0, 0.05) is 36.8 Å². The van der Waals surface area contributed by atoms with Gasteiger partial charge in [0.1, 0.15) is 12.1 Å². The monoisotopic (exact) mass is 528 g/mol. The smallest absolute Gasteiger partial charge is 0.232 e. The highest BCUT2D eigenvalue weighted by Crippen LogP contribution is 2.39. The van der Waals surface area contributed by atoms with Crippen LogP contribution in [0.5, 0.6) is 5.75 Å². The number of nitrogens with one attached hydrogen (secondary N) is 2.